The van der Waals surface area contributed by atoms with Crippen molar-refractivity contribution in [2.24, 2.45) is 5.73 Å². The molecule has 0 bridgehead atoms. The van der Waals surface area contributed by atoms with E-state index in [4.69, 9.17) is 5.73 Å². The number of nitrogens with one attached hydrogen (secondary N) is 1. The molecule has 3 nitrogen and oxygen atoms in total. The lowest BCUT2D eigenvalue weighted by Crippen LogP contribution is -2.42. The first-order valence-electron chi connectivity index (χ1n) is 5.71. The van der Waals surface area contributed by atoms with Crippen molar-refractivity contribution in [3.05, 3.63) is 35.9 Å². The standard InChI is InChI=1S/C14H18N2O/c1-2-3-7-10-16-14(17)13(15)11-12-8-5-4-6-9-12/h4-6,8-9,13H,7,10-11,15H2,1H3,(H,16,17). The van der Waals surface area contributed by atoms with Gasteiger partial charge < -0.3 is 11.1 Å². The van der Waals surface area contributed by atoms with Gasteiger partial charge in [-0.05, 0) is 18.9 Å². The van der Waals surface area contributed by atoms with Crippen molar-refractivity contribution in [2.45, 2.75) is 25.8 Å². The molecule has 1 aromatic rings. The molecule has 1 atom stereocenters. The molecule has 0 radical (unpaired) electrons. The summed E-state index contributed by atoms with van der Waals surface area (Å²) in [7, 11) is 0. The minimum atomic E-state index is -0.494. The normalized spacial score (nSPS) is 11.2. The van der Waals surface area contributed by atoms with E-state index in [2.05, 4.69) is 17.2 Å². The molecule has 1 rings (SSSR count). The summed E-state index contributed by atoms with van der Waals surface area (Å²) < 4.78 is 0. The van der Waals surface area contributed by atoms with Gasteiger partial charge in [0.1, 0.15) is 0 Å². The van der Waals surface area contributed by atoms with Gasteiger partial charge in [-0.2, -0.15) is 0 Å². The van der Waals surface area contributed by atoms with Crippen LogP contribution in [0.25, 0.3) is 0 Å². The average Bonchev–Trinajstić information content (AvgIpc) is 2.35. The van der Waals surface area contributed by atoms with Crippen molar-refractivity contribution >= 4 is 5.91 Å². The Balaban J connectivity index is 2.33. The zero-order chi connectivity index (χ0) is 12.5. The second-order valence-corrected chi connectivity index (χ2v) is 3.76. The summed E-state index contributed by atoms with van der Waals surface area (Å²) in [6.45, 7) is 2.34. The van der Waals surface area contributed by atoms with Crippen LogP contribution < -0.4 is 11.1 Å². The fourth-order valence-corrected chi connectivity index (χ4v) is 1.47. The fourth-order valence-electron chi connectivity index (χ4n) is 1.47. The van der Waals surface area contributed by atoms with E-state index in [9.17, 15) is 4.79 Å². The van der Waals surface area contributed by atoms with E-state index in [0.717, 1.165) is 5.56 Å². The molecule has 0 saturated carbocycles. The van der Waals surface area contributed by atoms with Gasteiger partial charge in [-0.25, -0.2) is 0 Å². The quantitative estimate of drug-likeness (QED) is 0.587. The molecule has 1 amide bonds. The van der Waals surface area contributed by atoms with Crippen molar-refractivity contribution in [1.82, 2.24) is 5.32 Å². The Morgan fingerprint density at radius 1 is 1.41 bits per heavy atom. The van der Waals surface area contributed by atoms with E-state index in [1.165, 1.54) is 0 Å². The lowest BCUT2D eigenvalue weighted by molar-refractivity contribution is -0.122. The third-order valence-corrected chi connectivity index (χ3v) is 2.36. The summed E-state index contributed by atoms with van der Waals surface area (Å²) in [5.41, 5.74) is 6.89. The van der Waals surface area contributed by atoms with Gasteiger partial charge in [-0.15, -0.1) is 11.8 Å². The largest absolute Gasteiger partial charge is 0.354 e. The first kappa shape index (κ1) is 13.3. The number of rotatable bonds is 5. The Morgan fingerprint density at radius 2 is 2.12 bits per heavy atom. The number of amides is 1. The molecule has 0 fully saturated rings. The molecule has 0 aliphatic heterocycles. The number of carbonyl (C=O) groups excluding carboxylic acids is 1. The highest BCUT2D eigenvalue weighted by Crippen LogP contribution is 2.01. The Hall–Kier alpha value is -1.79. The molecule has 0 aliphatic rings. The first-order valence-corrected chi connectivity index (χ1v) is 5.71. The molecule has 0 saturated heterocycles. The van der Waals surface area contributed by atoms with E-state index in [-0.39, 0.29) is 5.91 Å². The Kier molecular flexibility index (Phi) is 5.84. The number of carbonyl (C=O) groups is 1. The zero-order valence-corrected chi connectivity index (χ0v) is 10.1. The van der Waals surface area contributed by atoms with Crippen molar-refractivity contribution < 1.29 is 4.79 Å². The van der Waals surface area contributed by atoms with Crippen LogP contribution in [0.4, 0.5) is 0 Å². The number of hydrogen-bond donors (Lipinski definition) is 2. The topological polar surface area (TPSA) is 55.1 Å². The zero-order valence-electron chi connectivity index (χ0n) is 10.1. The molecule has 3 heteroatoms. The number of benzene rings is 1. The molecular formula is C14H18N2O. The van der Waals surface area contributed by atoms with Crippen LogP contribution in [0.15, 0.2) is 30.3 Å². The average molecular weight is 230 g/mol. The molecule has 1 unspecified atom stereocenters. The maximum absolute atomic E-state index is 11.6. The van der Waals surface area contributed by atoms with Crippen LogP contribution in [-0.4, -0.2) is 18.5 Å². The second-order valence-electron chi connectivity index (χ2n) is 3.76. The van der Waals surface area contributed by atoms with E-state index in [0.29, 0.717) is 19.4 Å². The van der Waals surface area contributed by atoms with Crippen LogP contribution in [0, 0.1) is 11.8 Å². The summed E-state index contributed by atoms with van der Waals surface area (Å²) in [6.07, 6.45) is 1.23. The molecule has 90 valence electrons. The molecule has 3 N–H and O–H groups in total. The molecule has 0 spiro atoms. The van der Waals surface area contributed by atoms with Crippen molar-refractivity contribution in [1.29, 1.82) is 0 Å². The van der Waals surface area contributed by atoms with Gasteiger partial charge in [-0.1, -0.05) is 30.3 Å². The highest BCUT2D eigenvalue weighted by molar-refractivity contribution is 5.81. The summed E-state index contributed by atoms with van der Waals surface area (Å²) >= 11 is 0. The van der Waals surface area contributed by atoms with Crippen molar-refractivity contribution in [2.75, 3.05) is 6.54 Å². The van der Waals surface area contributed by atoms with Gasteiger partial charge >= 0.3 is 0 Å². The summed E-state index contributed by atoms with van der Waals surface area (Å²) in [6, 6.07) is 9.27. The van der Waals surface area contributed by atoms with Gasteiger partial charge in [0.2, 0.25) is 5.91 Å². The van der Waals surface area contributed by atoms with E-state index in [1.54, 1.807) is 6.92 Å². The summed E-state index contributed by atoms with van der Waals surface area (Å²) in [4.78, 5) is 11.6. The highest BCUT2D eigenvalue weighted by atomic mass is 16.2. The third-order valence-electron chi connectivity index (χ3n) is 2.36. The summed E-state index contributed by atoms with van der Waals surface area (Å²) in [5, 5.41) is 2.77. The third kappa shape index (κ3) is 5.19. The van der Waals surface area contributed by atoms with Gasteiger partial charge in [0.05, 0.1) is 6.04 Å². The van der Waals surface area contributed by atoms with E-state index in [1.807, 2.05) is 30.3 Å². The van der Waals surface area contributed by atoms with Crippen LogP contribution in [-0.2, 0) is 11.2 Å². The minimum absolute atomic E-state index is 0.119. The van der Waals surface area contributed by atoms with E-state index < -0.39 is 6.04 Å². The van der Waals surface area contributed by atoms with Gasteiger partial charge in [0.15, 0.2) is 0 Å². The Morgan fingerprint density at radius 3 is 2.76 bits per heavy atom. The van der Waals surface area contributed by atoms with Gasteiger partial charge in [-0.3, -0.25) is 4.79 Å². The fraction of sp³-hybridized carbons (Fsp3) is 0.357. The van der Waals surface area contributed by atoms with Crippen LogP contribution in [0.2, 0.25) is 0 Å². The van der Waals surface area contributed by atoms with Gasteiger partial charge in [0, 0.05) is 13.0 Å². The van der Waals surface area contributed by atoms with Crippen LogP contribution >= 0.6 is 0 Å². The maximum atomic E-state index is 11.6. The van der Waals surface area contributed by atoms with Crippen molar-refractivity contribution in [3.63, 3.8) is 0 Å². The second kappa shape index (κ2) is 7.48. The SMILES string of the molecule is CC#CCCNC(=O)C(N)Cc1ccccc1. The molecule has 0 heterocycles. The Bertz CT molecular complexity index is 403. The van der Waals surface area contributed by atoms with Crippen LogP contribution in [0.3, 0.4) is 0 Å². The lowest BCUT2D eigenvalue weighted by Gasteiger charge is -2.11. The molecule has 17 heavy (non-hydrogen) atoms. The number of hydrogen-bond acceptors (Lipinski definition) is 2. The predicted octanol–water partition coefficient (Wildman–Crippen LogP) is 1.09. The predicted molar refractivity (Wildman–Crippen MR) is 69.2 cm³/mol. The Labute approximate surface area is 102 Å². The van der Waals surface area contributed by atoms with Crippen molar-refractivity contribution in [3.8, 4) is 11.8 Å². The smallest absolute Gasteiger partial charge is 0.237 e. The maximum Gasteiger partial charge on any atom is 0.237 e. The molecular weight excluding hydrogens is 212 g/mol. The highest BCUT2D eigenvalue weighted by Gasteiger charge is 2.12. The number of nitrogens with two attached hydrogens (primary N) is 1. The summed E-state index contributed by atoms with van der Waals surface area (Å²) in [5.74, 6) is 5.55. The first-order chi connectivity index (χ1) is 8.24. The molecule has 0 aromatic heterocycles. The minimum Gasteiger partial charge on any atom is -0.354 e. The molecule has 0 aliphatic carbocycles. The monoisotopic (exact) mass is 230 g/mol. The molecule has 1 aromatic carbocycles. The van der Waals surface area contributed by atoms with Crippen LogP contribution in [0.5, 0.6) is 0 Å². The van der Waals surface area contributed by atoms with Crippen LogP contribution in [0.1, 0.15) is 18.9 Å². The van der Waals surface area contributed by atoms with Gasteiger partial charge in [0.25, 0.3) is 0 Å². The van der Waals surface area contributed by atoms with E-state index >= 15 is 0 Å². The lowest BCUT2D eigenvalue weighted by atomic mass is 10.1.